The van der Waals surface area contributed by atoms with Crippen LogP contribution < -0.4 is 14.8 Å². The van der Waals surface area contributed by atoms with Crippen LogP contribution in [0.1, 0.15) is 31.2 Å². The maximum atomic E-state index is 13.9. The third kappa shape index (κ3) is 6.99. The van der Waals surface area contributed by atoms with Gasteiger partial charge in [0.15, 0.2) is 11.6 Å². The molecule has 1 heterocycles. The van der Waals surface area contributed by atoms with Gasteiger partial charge in [-0.25, -0.2) is 4.39 Å². The summed E-state index contributed by atoms with van der Waals surface area (Å²) >= 11 is 12.0. The Hall–Kier alpha value is -2.02. The molecule has 8 heteroatoms. The van der Waals surface area contributed by atoms with Crippen molar-refractivity contribution in [1.82, 2.24) is 10.2 Å². The first kappa shape index (κ1) is 23.6. The number of likely N-dealkylation sites (tertiary alicyclic amines) is 1. The van der Waals surface area contributed by atoms with Crippen LogP contribution in [0.2, 0.25) is 10.0 Å². The highest BCUT2D eigenvalue weighted by atomic mass is 35.5. The number of hydrogen-bond donors (Lipinski definition) is 1. The SMILES string of the molecule is COc1ccc(CN2CCC(NC(=O)CCCOc3cccc(Cl)c3Cl)CC2)cc1F. The van der Waals surface area contributed by atoms with Gasteiger partial charge >= 0.3 is 0 Å². The molecule has 0 spiro atoms. The number of halogens is 3. The Bertz CT molecular complexity index is 889. The van der Waals surface area contributed by atoms with Gasteiger partial charge in [0, 0.05) is 32.1 Å². The Morgan fingerprint density at radius 1 is 1.19 bits per heavy atom. The molecule has 1 saturated heterocycles. The molecule has 168 valence electrons. The van der Waals surface area contributed by atoms with Crippen molar-refractivity contribution in [2.24, 2.45) is 0 Å². The topological polar surface area (TPSA) is 50.8 Å². The lowest BCUT2D eigenvalue weighted by molar-refractivity contribution is -0.122. The number of benzene rings is 2. The molecule has 1 fully saturated rings. The molecule has 2 aromatic rings. The maximum Gasteiger partial charge on any atom is 0.220 e. The highest BCUT2D eigenvalue weighted by molar-refractivity contribution is 6.42. The molecular weight excluding hydrogens is 442 g/mol. The highest BCUT2D eigenvalue weighted by Gasteiger charge is 2.21. The van der Waals surface area contributed by atoms with Gasteiger partial charge in [-0.2, -0.15) is 0 Å². The minimum atomic E-state index is -0.344. The maximum absolute atomic E-state index is 13.9. The average molecular weight is 469 g/mol. The van der Waals surface area contributed by atoms with Crippen molar-refractivity contribution in [3.63, 3.8) is 0 Å². The van der Waals surface area contributed by atoms with Crippen LogP contribution >= 0.6 is 23.2 Å². The van der Waals surface area contributed by atoms with Gasteiger partial charge in [0.05, 0.1) is 18.7 Å². The van der Waals surface area contributed by atoms with Crippen molar-refractivity contribution >= 4 is 29.1 Å². The Morgan fingerprint density at radius 3 is 2.68 bits per heavy atom. The van der Waals surface area contributed by atoms with Crippen LogP contribution in [0.4, 0.5) is 4.39 Å². The summed E-state index contributed by atoms with van der Waals surface area (Å²) in [7, 11) is 1.46. The zero-order valence-electron chi connectivity index (χ0n) is 17.5. The quantitative estimate of drug-likeness (QED) is 0.521. The predicted octanol–water partition coefficient (Wildman–Crippen LogP) is 5.08. The number of carbonyl (C=O) groups is 1. The van der Waals surface area contributed by atoms with E-state index in [-0.39, 0.29) is 23.5 Å². The van der Waals surface area contributed by atoms with Crippen molar-refractivity contribution in [2.75, 3.05) is 26.8 Å². The van der Waals surface area contributed by atoms with Gasteiger partial charge in [-0.1, -0.05) is 35.3 Å². The lowest BCUT2D eigenvalue weighted by atomic mass is 10.0. The summed E-state index contributed by atoms with van der Waals surface area (Å²) in [6, 6.07) is 10.4. The van der Waals surface area contributed by atoms with Gasteiger partial charge in [0.2, 0.25) is 5.91 Å². The molecule has 1 amide bonds. The first-order chi connectivity index (χ1) is 15.0. The minimum absolute atomic E-state index is 0.0245. The summed E-state index contributed by atoms with van der Waals surface area (Å²) in [5.74, 6) is 0.463. The third-order valence-corrected chi connectivity index (χ3v) is 6.10. The molecule has 0 unspecified atom stereocenters. The normalized spacial score (nSPS) is 15.0. The Kier molecular flexibility index (Phi) is 8.81. The summed E-state index contributed by atoms with van der Waals surface area (Å²) in [5.41, 5.74) is 0.917. The Labute approximate surface area is 192 Å². The minimum Gasteiger partial charge on any atom is -0.494 e. The van der Waals surface area contributed by atoms with E-state index in [1.807, 2.05) is 6.07 Å². The fourth-order valence-electron chi connectivity index (χ4n) is 3.61. The molecule has 1 N–H and O–H groups in total. The zero-order valence-corrected chi connectivity index (χ0v) is 19.0. The van der Waals surface area contributed by atoms with Gasteiger partial charge in [0.25, 0.3) is 0 Å². The number of carbonyl (C=O) groups excluding carboxylic acids is 1. The summed E-state index contributed by atoms with van der Waals surface area (Å²) in [5, 5.41) is 3.93. The summed E-state index contributed by atoms with van der Waals surface area (Å²) in [6.07, 6.45) is 2.73. The van der Waals surface area contributed by atoms with Gasteiger partial charge < -0.3 is 14.8 Å². The van der Waals surface area contributed by atoms with Gasteiger partial charge in [0.1, 0.15) is 10.8 Å². The molecule has 0 saturated carbocycles. The smallest absolute Gasteiger partial charge is 0.220 e. The van der Waals surface area contributed by atoms with Crippen molar-refractivity contribution < 1.29 is 18.7 Å². The fourth-order valence-corrected chi connectivity index (χ4v) is 3.96. The van der Waals surface area contributed by atoms with Crippen LogP contribution in [-0.4, -0.2) is 43.7 Å². The summed E-state index contributed by atoms with van der Waals surface area (Å²) < 4.78 is 24.4. The number of piperidine rings is 1. The molecule has 31 heavy (non-hydrogen) atoms. The standard InChI is InChI=1S/C23H27Cl2FN2O3/c1-30-20-8-7-16(14-19(20)26)15-28-11-9-17(10-12-28)27-22(29)6-3-13-31-21-5-2-4-18(24)23(21)25/h2,4-5,7-8,14,17H,3,6,9-13,15H2,1H3,(H,27,29). The molecule has 0 aliphatic carbocycles. The van der Waals surface area contributed by atoms with Crippen LogP contribution in [0.25, 0.3) is 0 Å². The summed E-state index contributed by atoms with van der Waals surface area (Å²) in [6.45, 7) is 2.79. The van der Waals surface area contributed by atoms with Crippen LogP contribution in [0.15, 0.2) is 36.4 Å². The number of methoxy groups -OCH3 is 1. The second-order valence-corrected chi connectivity index (χ2v) is 8.38. The Morgan fingerprint density at radius 2 is 1.97 bits per heavy atom. The molecule has 0 aromatic heterocycles. The van der Waals surface area contributed by atoms with Crippen LogP contribution in [0.5, 0.6) is 11.5 Å². The van der Waals surface area contributed by atoms with Crippen molar-refractivity contribution in [1.29, 1.82) is 0 Å². The highest BCUT2D eigenvalue weighted by Crippen LogP contribution is 2.31. The number of hydrogen-bond acceptors (Lipinski definition) is 4. The van der Waals surface area contributed by atoms with Gasteiger partial charge in [-0.15, -0.1) is 0 Å². The number of rotatable bonds is 9. The van der Waals surface area contributed by atoms with E-state index in [1.54, 1.807) is 24.3 Å². The Balaban J connectivity index is 1.33. The number of nitrogens with zero attached hydrogens (tertiary/aromatic N) is 1. The van der Waals surface area contributed by atoms with E-state index in [9.17, 15) is 9.18 Å². The van der Waals surface area contributed by atoms with Crippen molar-refractivity contribution in [3.05, 3.63) is 57.8 Å². The van der Waals surface area contributed by atoms with E-state index >= 15 is 0 Å². The molecular formula is C23H27Cl2FN2O3. The van der Waals surface area contributed by atoms with E-state index < -0.39 is 0 Å². The van der Waals surface area contributed by atoms with Gasteiger partial charge in [-0.3, -0.25) is 9.69 Å². The largest absolute Gasteiger partial charge is 0.494 e. The number of amides is 1. The molecule has 2 aromatic carbocycles. The van der Waals surface area contributed by atoms with E-state index in [0.29, 0.717) is 41.8 Å². The molecule has 0 radical (unpaired) electrons. The predicted molar refractivity (Wildman–Crippen MR) is 121 cm³/mol. The number of nitrogens with one attached hydrogen (secondary N) is 1. The molecule has 0 bridgehead atoms. The molecule has 1 aliphatic heterocycles. The second kappa shape index (κ2) is 11.6. The first-order valence-electron chi connectivity index (χ1n) is 10.4. The second-order valence-electron chi connectivity index (χ2n) is 7.59. The molecule has 5 nitrogen and oxygen atoms in total. The molecule has 3 rings (SSSR count). The van der Waals surface area contributed by atoms with E-state index in [2.05, 4.69) is 10.2 Å². The average Bonchev–Trinajstić information content (AvgIpc) is 2.75. The lowest BCUT2D eigenvalue weighted by Gasteiger charge is -2.32. The number of ether oxygens (including phenoxy) is 2. The molecule has 0 atom stereocenters. The monoisotopic (exact) mass is 468 g/mol. The molecule has 1 aliphatic rings. The fraction of sp³-hybridized carbons (Fsp3) is 0.435. The van der Waals surface area contributed by atoms with Crippen molar-refractivity contribution in [2.45, 2.75) is 38.3 Å². The third-order valence-electron chi connectivity index (χ3n) is 5.30. The van der Waals surface area contributed by atoms with Crippen molar-refractivity contribution in [3.8, 4) is 11.5 Å². The van der Waals surface area contributed by atoms with Crippen LogP contribution in [0.3, 0.4) is 0 Å². The van der Waals surface area contributed by atoms with Gasteiger partial charge in [-0.05, 0) is 49.1 Å². The van der Waals surface area contributed by atoms with Crippen LogP contribution in [0, 0.1) is 5.82 Å². The van der Waals surface area contributed by atoms with E-state index in [0.717, 1.165) is 31.5 Å². The van der Waals surface area contributed by atoms with Crippen LogP contribution in [-0.2, 0) is 11.3 Å². The summed E-state index contributed by atoms with van der Waals surface area (Å²) in [4.78, 5) is 14.5. The lowest BCUT2D eigenvalue weighted by Crippen LogP contribution is -2.44. The zero-order chi connectivity index (χ0) is 22.2. The van der Waals surface area contributed by atoms with E-state index in [1.165, 1.54) is 13.2 Å². The first-order valence-corrected chi connectivity index (χ1v) is 11.1. The van der Waals surface area contributed by atoms with E-state index in [4.69, 9.17) is 32.7 Å².